The first-order chi connectivity index (χ1) is 9.47. The van der Waals surface area contributed by atoms with Crippen molar-refractivity contribution in [3.8, 4) is 0 Å². The second kappa shape index (κ2) is 8.90. The summed E-state index contributed by atoms with van der Waals surface area (Å²) >= 11 is 1.54. The highest BCUT2D eigenvalue weighted by atomic mass is 32.2. The molecule has 0 bridgehead atoms. The lowest BCUT2D eigenvalue weighted by Gasteiger charge is -2.14. The van der Waals surface area contributed by atoms with Crippen LogP contribution < -0.4 is 11.1 Å². The fourth-order valence-corrected chi connectivity index (χ4v) is 2.64. The van der Waals surface area contributed by atoms with E-state index in [0.717, 1.165) is 22.9 Å². The summed E-state index contributed by atoms with van der Waals surface area (Å²) in [6.45, 7) is 6.53. The van der Waals surface area contributed by atoms with E-state index >= 15 is 0 Å². The van der Waals surface area contributed by atoms with E-state index in [9.17, 15) is 4.79 Å². The molecule has 0 heterocycles. The molecule has 4 heteroatoms. The van der Waals surface area contributed by atoms with Crippen LogP contribution in [0.15, 0.2) is 29.2 Å². The Morgan fingerprint density at radius 2 is 1.85 bits per heavy atom. The zero-order valence-electron chi connectivity index (χ0n) is 12.7. The molecule has 0 aliphatic heterocycles. The zero-order valence-corrected chi connectivity index (χ0v) is 13.5. The highest BCUT2D eigenvalue weighted by Gasteiger charge is 2.08. The van der Waals surface area contributed by atoms with Crippen molar-refractivity contribution in [3.05, 3.63) is 24.3 Å². The number of benzene rings is 1. The van der Waals surface area contributed by atoms with Gasteiger partial charge in [0, 0.05) is 16.6 Å². The van der Waals surface area contributed by atoms with Gasteiger partial charge in [0.25, 0.3) is 0 Å². The molecule has 1 amide bonds. The first-order valence-electron chi connectivity index (χ1n) is 7.25. The standard InChI is InChI=1S/C16H26N2OS/c1-12(2)5-4-6-13(3)18-16(19)11-20-15-9-7-14(17)8-10-15/h7-10,12-13H,4-6,11,17H2,1-3H3,(H,18,19). The molecule has 0 aliphatic carbocycles. The van der Waals surface area contributed by atoms with Gasteiger partial charge in [-0.1, -0.05) is 26.7 Å². The molecule has 3 nitrogen and oxygen atoms in total. The van der Waals surface area contributed by atoms with E-state index < -0.39 is 0 Å². The van der Waals surface area contributed by atoms with Crippen molar-refractivity contribution in [2.24, 2.45) is 5.92 Å². The molecule has 1 rings (SSSR count). The molecule has 3 N–H and O–H groups in total. The molecular formula is C16H26N2OS. The van der Waals surface area contributed by atoms with Crippen LogP contribution in [0, 0.1) is 5.92 Å². The van der Waals surface area contributed by atoms with E-state index in [-0.39, 0.29) is 11.9 Å². The van der Waals surface area contributed by atoms with Crippen LogP contribution >= 0.6 is 11.8 Å². The highest BCUT2D eigenvalue weighted by Crippen LogP contribution is 2.18. The Morgan fingerprint density at radius 3 is 2.45 bits per heavy atom. The molecule has 0 saturated carbocycles. The number of nitrogens with one attached hydrogen (secondary N) is 1. The third-order valence-corrected chi connectivity index (χ3v) is 4.09. The third kappa shape index (κ3) is 7.43. The van der Waals surface area contributed by atoms with Crippen molar-refractivity contribution in [1.29, 1.82) is 0 Å². The predicted octanol–water partition coefficient (Wildman–Crippen LogP) is 3.69. The first-order valence-corrected chi connectivity index (χ1v) is 8.23. The Morgan fingerprint density at radius 1 is 1.20 bits per heavy atom. The number of hydrogen-bond donors (Lipinski definition) is 2. The lowest BCUT2D eigenvalue weighted by molar-refractivity contribution is -0.119. The first kappa shape index (κ1) is 16.9. The predicted molar refractivity (Wildman–Crippen MR) is 87.9 cm³/mol. The summed E-state index contributed by atoms with van der Waals surface area (Å²) in [4.78, 5) is 12.9. The van der Waals surface area contributed by atoms with Crippen LogP contribution in [0.4, 0.5) is 5.69 Å². The molecule has 0 radical (unpaired) electrons. The van der Waals surface area contributed by atoms with Gasteiger partial charge in [0.2, 0.25) is 5.91 Å². The number of carbonyl (C=O) groups is 1. The van der Waals surface area contributed by atoms with Crippen molar-refractivity contribution in [2.75, 3.05) is 11.5 Å². The third-order valence-electron chi connectivity index (χ3n) is 3.08. The molecule has 0 aliphatic rings. The van der Waals surface area contributed by atoms with Crippen LogP contribution in [0.5, 0.6) is 0 Å². The lowest BCUT2D eigenvalue weighted by Crippen LogP contribution is -2.33. The van der Waals surface area contributed by atoms with Gasteiger partial charge in [-0.2, -0.15) is 0 Å². The normalized spacial score (nSPS) is 12.4. The van der Waals surface area contributed by atoms with Crippen molar-refractivity contribution >= 4 is 23.4 Å². The van der Waals surface area contributed by atoms with Gasteiger partial charge in [-0.15, -0.1) is 11.8 Å². The van der Waals surface area contributed by atoms with Crippen LogP contribution in [0.1, 0.15) is 40.0 Å². The number of amides is 1. The quantitative estimate of drug-likeness (QED) is 0.568. The van der Waals surface area contributed by atoms with E-state index in [1.165, 1.54) is 12.8 Å². The summed E-state index contributed by atoms with van der Waals surface area (Å²) in [5.41, 5.74) is 6.38. The number of carbonyl (C=O) groups excluding carboxylic acids is 1. The number of nitrogens with two attached hydrogens (primary N) is 1. The summed E-state index contributed by atoms with van der Waals surface area (Å²) in [6.07, 6.45) is 3.45. The van der Waals surface area contributed by atoms with E-state index in [0.29, 0.717) is 5.75 Å². The van der Waals surface area contributed by atoms with E-state index in [4.69, 9.17) is 5.73 Å². The average Bonchev–Trinajstić information content (AvgIpc) is 2.37. The van der Waals surface area contributed by atoms with Crippen LogP contribution in [0.3, 0.4) is 0 Å². The van der Waals surface area contributed by atoms with Crippen LogP contribution in [-0.2, 0) is 4.79 Å². The fourth-order valence-electron chi connectivity index (χ4n) is 1.93. The number of anilines is 1. The second-order valence-corrected chi connectivity index (χ2v) is 6.70. The summed E-state index contributed by atoms with van der Waals surface area (Å²) in [5, 5.41) is 3.05. The van der Waals surface area contributed by atoms with Crippen LogP contribution in [0.2, 0.25) is 0 Å². The largest absolute Gasteiger partial charge is 0.399 e. The fraction of sp³-hybridized carbons (Fsp3) is 0.562. The van der Waals surface area contributed by atoms with Gasteiger partial charge in [0.05, 0.1) is 5.75 Å². The summed E-state index contributed by atoms with van der Waals surface area (Å²) in [6, 6.07) is 7.86. The Labute approximate surface area is 126 Å². The van der Waals surface area contributed by atoms with Gasteiger partial charge in [-0.05, 0) is 43.5 Å². The van der Waals surface area contributed by atoms with Crippen LogP contribution in [0.25, 0.3) is 0 Å². The molecule has 1 atom stereocenters. The number of rotatable bonds is 8. The molecular weight excluding hydrogens is 268 g/mol. The monoisotopic (exact) mass is 294 g/mol. The van der Waals surface area contributed by atoms with E-state index in [1.54, 1.807) is 11.8 Å². The minimum absolute atomic E-state index is 0.101. The lowest BCUT2D eigenvalue weighted by atomic mass is 10.0. The minimum Gasteiger partial charge on any atom is -0.399 e. The SMILES string of the molecule is CC(C)CCCC(C)NC(=O)CSc1ccc(N)cc1. The molecule has 20 heavy (non-hydrogen) atoms. The van der Waals surface area contributed by atoms with Gasteiger partial charge < -0.3 is 11.1 Å². The molecule has 0 fully saturated rings. The molecule has 0 saturated heterocycles. The molecule has 1 unspecified atom stereocenters. The summed E-state index contributed by atoms with van der Waals surface area (Å²) in [7, 11) is 0. The van der Waals surface area contributed by atoms with Crippen LogP contribution in [-0.4, -0.2) is 17.7 Å². The van der Waals surface area contributed by atoms with Gasteiger partial charge in [-0.25, -0.2) is 0 Å². The Kier molecular flexibility index (Phi) is 7.52. The Bertz CT molecular complexity index is 403. The van der Waals surface area contributed by atoms with Gasteiger partial charge in [-0.3, -0.25) is 4.79 Å². The highest BCUT2D eigenvalue weighted by molar-refractivity contribution is 8.00. The maximum atomic E-state index is 11.8. The number of nitrogen functional groups attached to an aromatic ring is 1. The molecule has 0 spiro atoms. The topological polar surface area (TPSA) is 55.1 Å². The summed E-state index contributed by atoms with van der Waals surface area (Å²) in [5.74, 6) is 1.29. The summed E-state index contributed by atoms with van der Waals surface area (Å²) < 4.78 is 0. The maximum absolute atomic E-state index is 11.8. The maximum Gasteiger partial charge on any atom is 0.230 e. The smallest absolute Gasteiger partial charge is 0.230 e. The van der Waals surface area contributed by atoms with Crippen molar-refractivity contribution in [2.45, 2.75) is 51.0 Å². The van der Waals surface area contributed by atoms with Crippen molar-refractivity contribution < 1.29 is 4.79 Å². The zero-order chi connectivity index (χ0) is 15.0. The minimum atomic E-state index is 0.101. The van der Waals surface area contributed by atoms with Gasteiger partial charge in [0.15, 0.2) is 0 Å². The Hall–Kier alpha value is -1.16. The van der Waals surface area contributed by atoms with E-state index in [2.05, 4.69) is 26.1 Å². The Balaban J connectivity index is 2.20. The average molecular weight is 294 g/mol. The molecule has 112 valence electrons. The molecule has 1 aromatic rings. The number of thioether (sulfide) groups is 1. The second-order valence-electron chi connectivity index (χ2n) is 5.65. The molecule has 0 aromatic heterocycles. The van der Waals surface area contributed by atoms with Crippen molar-refractivity contribution in [1.82, 2.24) is 5.32 Å². The van der Waals surface area contributed by atoms with Gasteiger partial charge in [0.1, 0.15) is 0 Å². The van der Waals surface area contributed by atoms with Gasteiger partial charge >= 0.3 is 0 Å². The van der Waals surface area contributed by atoms with Crippen molar-refractivity contribution in [3.63, 3.8) is 0 Å². The number of hydrogen-bond acceptors (Lipinski definition) is 3. The molecule has 1 aromatic carbocycles. The van der Waals surface area contributed by atoms with E-state index in [1.807, 2.05) is 24.3 Å².